The fourth-order valence-electron chi connectivity index (χ4n) is 4.53. The van der Waals surface area contributed by atoms with E-state index in [4.69, 9.17) is 5.73 Å². The van der Waals surface area contributed by atoms with Crippen molar-refractivity contribution in [2.45, 2.75) is 83.3 Å². The minimum absolute atomic E-state index is 0.104. The van der Waals surface area contributed by atoms with Crippen molar-refractivity contribution >= 4 is 21.9 Å². The number of nitrogens with two attached hydrogens (primary N) is 1. The Balaban J connectivity index is 1.63. The number of carbonyl (C=O) groups is 1. The fraction of sp³-hybridized carbons (Fsp3) is 0.481. The van der Waals surface area contributed by atoms with Crippen molar-refractivity contribution < 1.29 is 13.2 Å². The summed E-state index contributed by atoms with van der Waals surface area (Å²) in [5, 5.41) is 0. The average Bonchev–Trinajstić information content (AvgIpc) is 3.00. The molecule has 7 nitrogen and oxygen atoms in total. The van der Waals surface area contributed by atoms with Gasteiger partial charge in [0.15, 0.2) is 5.96 Å². The van der Waals surface area contributed by atoms with Crippen molar-refractivity contribution in [1.82, 2.24) is 9.62 Å². The van der Waals surface area contributed by atoms with Crippen LogP contribution in [-0.4, -0.2) is 30.7 Å². The number of guanidine groups is 1. The van der Waals surface area contributed by atoms with Crippen LogP contribution in [0.25, 0.3) is 0 Å². The van der Waals surface area contributed by atoms with Gasteiger partial charge in [0.1, 0.15) is 5.54 Å². The van der Waals surface area contributed by atoms with Crippen molar-refractivity contribution in [3.63, 3.8) is 0 Å². The largest absolute Gasteiger partial charge is 0.369 e. The van der Waals surface area contributed by atoms with Crippen LogP contribution in [0.2, 0.25) is 0 Å². The number of carbonyl (C=O) groups excluding carboxylic acids is 1. The number of nitrogens with zero attached hydrogens (tertiary/aromatic N) is 2. The highest BCUT2D eigenvalue weighted by Gasteiger charge is 2.44. The molecule has 1 heterocycles. The van der Waals surface area contributed by atoms with Gasteiger partial charge >= 0.3 is 0 Å². The van der Waals surface area contributed by atoms with Gasteiger partial charge in [-0.25, -0.2) is 18.1 Å². The van der Waals surface area contributed by atoms with Crippen LogP contribution >= 0.6 is 0 Å². The van der Waals surface area contributed by atoms with E-state index in [1.54, 1.807) is 12.1 Å². The Morgan fingerprint density at radius 2 is 1.74 bits per heavy atom. The highest BCUT2D eigenvalue weighted by Crippen LogP contribution is 2.29. The molecule has 0 saturated heterocycles. The van der Waals surface area contributed by atoms with E-state index in [2.05, 4.69) is 30.5 Å². The van der Waals surface area contributed by atoms with Crippen molar-refractivity contribution in [3.8, 4) is 0 Å². The number of sulfonamides is 1. The van der Waals surface area contributed by atoms with Crippen molar-refractivity contribution in [2.75, 3.05) is 0 Å². The van der Waals surface area contributed by atoms with E-state index in [1.165, 1.54) is 11.3 Å². The van der Waals surface area contributed by atoms with Gasteiger partial charge in [-0.2, -0.15) is 0 Å². The van der Waals surface area contributed by atoms with Crippen LogP contribution in [-0.2, 0) is 34.3 Å². The third-order valence-corrected chi connectivity index (χ3v) is 7.67. The van der Waals surface area contributed by atoms with Crippen LogP contribution in [0, 0.1) is 5.92 Å². The molecule has 0 aromatic heterocycles. The zero-order chi connectivity index (χ0) is 25.6. The molecule has 8 heteroatoms. The molecule has 1 unspecified atom stereocenters. The van der Waals surface area contributed by atoms with E-state index in [0.29, 0.717) is 18.9 Å². The maximum absolute atomic E-state index is 13.0. The summed E-state index contributed by atoms with van der Waals surface area (Å²) in [6.45, 7) is 8.54. The van der Waals surface area contributed by atoms with Crippen LogP contribution < -0.4 is 10.5 Å². The number of hydrogen-bond donors (Lipinski definition) is 2. The van der Waals surface area contributed by atoms with Gasteiger partial charge in [0.05, 0.1) is 11.4 Å². The van der Waals surface area contributed by atoms with Gasteiger partial charge in [0.2, 0.25) is 10.0 Å². The lowest BCUT2D eigenvalue weighted by atomic mass is 9.91. The van der Waals surface area contributed by atoms with E-state index in [1.807, 2.05) is 43.3 Å². The molecule has 2 aromatic carbocycles. The quantitative estimate of drug-likeness (QED) is 0.424. The first-order chi connectivity index (χ1) is 16.5. The molecule has 0 bridgehead atoms. The summed E-state index contributed by atoms with van der Waals surface area (Å²) in [4.78, 5) is 19.2. The van der Waals surface area contributed by atoms with Gasteiger partial charge in [0.25, 0.3) is 5.91 Å². The molecular formula is C27H38N4O3S. The van der Waals surface area contributed by atoms with Crippen LogP contribution in [0.15, 0.2) is 58.4 Å². The smallest absolute Gasteiger partial charge is 0.257 e. The summed E-state index contributed by atoms with van der Waals surface area (Å²) in [6.07, 6.45) is 5.02. The first-order valence-electron chi connectivity index (χ1n) is 12.4. The van der Waals surface area contributed by atoms with Gasteiger partial charge in [-0.3, -0.25) is 9.69 Å². The number of unbranched alkanes of at least 4 members (excludes halogenated alkanes) is 2. The monoisotopic (exact) mass is 498 g/mol. The molecule has 1 atom stereocenters. The van der Waals surface area contributed by atoms with Crippen molar-refractivity contribution in [2.24, 2.45) is 16.6 Å². The molecule has 1 amide bonds. The van der Waals surface area contributed by atoms with Gasteiger partial charge in [-0.1, -0.05) is 70.0 Å². The second-order valence-electron chi connectivity index (χ2n) is 9.98. The summed E-state index contributed by atoms with van der Waals surface area (Å²) in [6, 6.07) is 14.6. The van der Waals surface area contributed by atoms with Crippen molar-refractivity contribution in [1.29, 1.82) is 0 Å². The van der Waals surface area contributed by atoms with Gasteiger partial charge in [-0.05, 0) is 60.9 Å². The number of benzene rings is 2. The van der Waals surface area contributed by atoms with E-state index >= 15 is 0 Å². The molecule has 3 N–H and O–H groups in total. The Bertz CT molecular complexity index is 1160. The van der Waals surface area contributed by atoms with Gasteiger partial charge in [-0.15, -0.1) is 0 Å². The first kappa shape index (κ1) is 26.9. The summed E-state index contributed by atoms with van der Waals surface area (Å²) >= 11 is 0. The van der Waals surface area contributed by atoms with E-state index in [9.17, 15) is 13.2 Å². The molecule has 2 aromatic rings. The number of nitrogens with one attached hydrogen (secondary N) is 1. The van der Waals surface area contributed by atoms with Crippen molar-refractivity contribution in [3.05, 3.63) is 65.2 Å². The minimum Gasteiger partial charge on any atom is -0.369 e. The lowest BCUT2D eigenvalue weighted by Crippen LogP contribution is -2.43. The summed E-state index contributed by atoms with van der Waals surface area (Å²) in [7, 11) is -3.63. The van der Waals surface area contributed by atoms with E-state index < -0.39 is 15.6 Å². The second-order valence-corrected chi connectivity index (χ2v) is 11.7. The van der Waals surface area contributed by atoms with Crippen LogP contribution in [0.1, 0.15) is 70.1 Å². The maximum Gasteiger partial charge on any atom is 0.257 e. The summed E-state index contributed by atoms with van der Waals surface area (Å²) in [5.41, 5.74) is 8.07. The molecule has 0 aliphatic carbocycles. The Kier molecular flexibility index (Phi) is 8.72. The zero-order valence-corrected chi connectivity index (χ0v) is 22.1. The van der Waals surface area contributed by atoms with Gasteiger partial charge in [0, 0.05) is 6.54 Å². The topological polar surface area (TPSA) is 105 Å². The Hall–Kier alpha value is -2.71. The average molecular weight is 499 g/mol. The summed E-state index contributed by atoms with van der Waals surface area (Å²) < 4.78 is 28.3. The van der Waals surface area contributed by atoms with Crippen LogP contribution in [0.3, 0.4) is 0 Å². The predicted octanol–water partition coefficient (Wildman–Crippen LogP) is 4.36. The molecule has 35 heavy (non-hydrogen) atoms. The Morgan fingerprint density at radius 1 is 1.06 bits per heavy atom. The molecule has 190 valence electrons. The van der Waals surface area contributed by atoms with Crippen LogP contribution in [0.5, 0.6) is 0 Å². The molecule has 1 aliphatic heterocycles. The Labute approximate surface area is 209 Å². The number of amides is 1. The SMILES string of the molecule is CCCCCc1ccc(S(=O)(=O)NCc2cccc(CN3C(=O)C(C)(CC(C)C)N=C3N)c2)cc1. The molecule has 0 spiro atoms. The van der Waals surface area contributed by atoms with Gasteiger partial charge < -0.3 is 5.73 Å². The number of hydrogen-bond acceptors (Lipinski definition) is 5. The molecule has 0 saturated carbocycles. The minimum atomic E-state index is -3.63. The highest BCUT2D eigenvalue weighted by molar-refractivity contribution is 7.89. The molecule has 0 fully saturated rings. The lowest BCUT2D eigenvalue weighted by Gasteiger charge is -2.23. The fourth-order valence-corrected chi connectivity index (χ4v) is 5.55. The lowest BCUT2D eigenvalue weighted by molar-refractivity contribution is -0.131. The third-order valence-electron chi connectivity index (χ3n) is 6.25. The predicted molar refractivity (Wildman–Crippen MR) is 140 cm³/mol. The maximum atomic E-state index is 13.0. The molecule has 3 rings (SSSR count). The number of aryl methyl sites for hydroxylation is 1. The summed E-state index contributed by atoms with van der Waals surface area (Å²) in [5.74, 6) is 0.435. The molecule has 1 aliphatic rings. The second kappa shape index (κ2) is 11.4. The normalized spacial score (nSPS) is 18.4. The third kappa shape index (κ3) is 6.92. The van der Waals surface area contributed by atoms with E-state index in [-0.39, 0.29) is 23.3 Å². The Morgan fingerprint density at radius 3 is 2.40 bits per heavy atom. The van der Waals surface area contributed by atoms with E-state index in [0.717, 1.165) is 36.0 Å². The standard InChI is InChI=1S/C27H38N4O3S/c1-5-6-7-9-21-12-14-24(15-13-21)35(33,34)29-18-22-10-8-11-23(16-22)19-31-25(32)27(4,17-20(2)3)30-26(31)28/h8,10-16,20,29H,5-7,9,17-19H2,1-4H3,(H2,28,30). The zero-order valence-electron chi connectivity index (χ0n) is 21.3. The number of aliphatic imine (C=N–C) groups is 1. The molecule has 0 radical (unpaired) electrons. The highest BCUT2D eigenvalue weighted by atomic mass is 32.2. The molecular weight excluding hydrogens is 460 g/mol. The number of rotatable bonds is 12. The first-order valence-corrected chi connectivity index (χ1v) is 13.9. The van der Waals surface area contributed by atoms with Crippen LogP contribution in [0.4, 0.5) is 0 Å².